The molecule has 0 bridgehead atoms. The van der Waals surface area contributed by atoms with Gasteiger partial charge in [-0.2, -0.15) is 0 Å². The fourth-order valence-electron chi connectivity index (χ4n) is 2.49. The normalized spacial score (nSPS) is 19.9. The van der Waals surface area contributed by atoms with E-state index >= 15 is 0 Å². The Morgan fingerprint density at radius 1 is 1.26 bits per heavy atom. The zero-order valence-electron chi connectivity index (χ0n) is 14.0. The maximum absolute atomic E-state index is 12.2. The maximum Gasteiger partial charge on any atom is 0.411 e. The van der Waals surface area contributed by atoms with Crippen molar-refractivity contribution in [1.82, 2.24) is 4.90 Å². The Morgan fingerprint density at radius 3 is 2.39 bits per heavy atom. The molecule has 1 unspecified atom stereocenters. The number of amides is 1. The molecule has 1 fully saturated rings. The average molecular weight is 317 g/mol. The average Bonchev–Trinajstić information content (AvgIpc) is 2.84. The summed E-state index contributed by atoms with van der Waals surface area (Å²) >= 11 is 0. The first-order valence-electron chi connectivity index (χ1n) is 7.64. The molecule has 0 radical (unpaired) electrons. The van der Waals surface area contributed by atoms with Crippen molar-refractivity contribution in [3.8, 4) is 0 Å². The van der Waals surface area contributed by atoms with Gasteiger partial charge in [0.15, 0.2) is 0 Å². The summed E-state index contributed by atoms with van der Waals surface area (Å²) < 4.78 is 5.31. The minimum Gasteiger partial charge on any atom is -0.480 e. The van der Waals surface area contributed by atoms with Crippen molar-refractivity contribution in [2.45, 2.75) is 45.8 Å². The van der Waals surface area contributed by atoms with Crippen LogP contribution in [0, 0.1) is 6.92 Å². The summed E-state index contributed by atoms with van der Waals surface area (Å²) in [6.45, 7) is 7.58. The van der Waals surface area contributed by atoms with Crippen LogP contribution in [-0.4, -0.2) is 40.3 Å². The zero-order valence-corrected chi connectivity index (χ0v) is 14.0. The van der Waals surface area contributed by atoms with Crippen LogP contribution in [0.3, 0.4) is 0 Å². The number of carbonyl (C=O) groups excluding carboxylic acids is 1. The Bertz CT molecular complexity index is 625. The molecule has 1 saturated heterocycles. The van der Waals surface area contributed by atoms with Crippen LogP contribution in [0.5, 0.6) is 0 Å². The van der Waals surface area contributed by atoms with Crippen LogP contribution >= 0.6 is 0 Å². The van der Waals surface area contributed by atoms with Crippen LogP contribution < -0.4 is 0 Å². The number of carboxylic acid groups (broad SMARTS) is 1. The molecule has 0 saturated carbocycles. The summed E-state index contributed by atoms with van der Waals surface area (Å²) in [5.41, 5.74) is 2.43. The molecule has 23 heavy (non-hydrogen) atoms. The summed E-state index contributed by atoms with van der Waals surface area (Å²) in [6, 6.07) is 7.09. The summed E-state index contributed by atoms with van der Waals surface area (Å²) in [7, 11) is 0. The van der Waals surface area contributed by atoms with Crippen molar-refractivity contribution >= 4 is 18.1 Å². The first kappa shape index (κ1) is 17.1. The fourth-order valence-corrected chi connectivity index (χ4v) is 2.49. The van der Waals surface area contributed by atoms with Gasteiger partial charge in [0.2, 0.25) is 0 Å². The molecular formula is C18H23NO4. The van der Waals surface area contributed by atoms with E-state index in [9.17, 15) is 14.7 Å². The topological polar surface area (TPSA) is 66.8 Å². The highest BCUT2D eigenvalue weighted by Crippen LogP contribution is 2.27. The van der Waals surface area contributed by atoms with E-state index in [0.29, 0.717) is 6.42 Å². The van der Waals surface area contributed by atoms with E-state index in [2.05, 4.69) is 0 Å². The van der Waals surface area contributed by atoms with E-state index in [4.69, 9.17) is 4.74 Å². The van der Waals surface area contributed by atoms with Crippen LogP contribution in [0.4, 0.5) is 4.79 Å². The lowest BCUT2D eigenvalue weighted by Gasteiger charge is -2.26. The number of ether oxygens (including phenoxy) is 1. The van der Waals surface area contributed by atoms with Crippen molar-refractivity contribution in [2.75, 3.05) is 6.54 Å². The maximum atomic E-state index is 12.2. The predicted octanol–water partition coefficient (Wildman–Crippen LogP) is 3.47. The van der Waals surface area contributed by atoms with Crippen LogP contribution in [0.25, 0.3) is 6.08 Å². The second-order valence-electron chi connectivity index (χ2n) is 6.88. The van der Waals surface area contributed by atoms with E-state index in [1.165, 1.54) is 4.90 Å². The molecule has 5 nitrogen and oxygen atoms in total. The second-order valence-corrected chi connectivity index (χ2v) is 6.88. The van der Waals surface area contributed by atoms with Gasteiger partial charge in [0.1, 0.15) is 11.6 Å². The van der Waals surface area contributed by atoms with Crippen LogP contribution in [-0.2, 0) is 9.53 Å². The summed E-state index contributed by atoms with van der Waals surface area (Å²) in [5, 5.41) is 9.37. The number of hydrogen-bond acceptors (Lipinski definition) is 3. The molecule has 1 amide bonds. The first-order valence-corrected chi connectivity index (χ1v) is 7.64. The Morgan fingerprint density at radius 2 is 1.87 bits per heavy atom. The van der Waals surface area contributed by atoms with Crippen molar-refractivity contribution in [3.63, 3.8) is 0 Å². The van der Waals surface area contributed by atoms with E-state index in [1.807, 2.05) is 37.3 Å². The van der Waals surface area contributed by atoms with Crippen molar-refractivity contribution in [1.29, 1.82) is 0 Å². The van der Waals surface area contributed by atoms with Crippen molar-refractivity contribution in [2.24, 2.45) is 0 Å². The van der Waals surface area contributed by atoms with Crippen molar-refractivity contribution in [3.05, 3.63) is 41.0 Å². The summed E-state index contributed by atoms with van der Waals surface area (Å²) in [5.74, 6) is -1.01. The Hall–Kier alpha value is -2.30. The highest BCUT2D eigenvalue weighted by atomic mass is 16.6. The lowest BCUT2D eigenvalue weighted by Crippen LogP contribution is -2.43. The highest BCUT2D eigenvalue weighted by Gasteiger charge is 2.38. The van der Waals surface area contributed by atoms with E-state index in [-0.39, 0.29) is 6.54 Å². The molecule has 0 spiro atoms. The van der Waals surface area contributed by atoms with Gasteiger partial charge in [-0.05, 0) is 38.8 Å². The van der Waals surface area contributed by atoms with Gasteiger partial charge in [-0.3, -0.25) is 4.90 Å². The molecule has 1 aromatic rings. The Kier molecular flexibility index (Phi) is 4.78. The first-order chi connectivity index (χ1) is 10.7. The molecular weight excluding hydrogens is 294 g/mol. The van der Waals surface area contributed by atoms with Gasteiger partial charge in [-0.25, -0.2) is 9.59 Å². The number of aliphatic carboxylic acids is 1. The van der Waals surface area contributed by atoms with Gasteiger partial charge >= 0.3 is 12.1 Å². The van der Waals surface area contributed by atoms with Gasteiger partial charge < -0.3 is 9.84 Å². The molecule has 1 heterocycles. The summed E-state index contributed by atoms with van der Waals surface area (Å²) in [6.07, 6.45) is 1.68. The minimum atomic E-state index is -1.01. The molecule has 0 aromatic heterocycles. The third kappa shape index (κ3) is 4.58. The lowest BCUT2D eigenvalue weighted by molar-refractivity contribution is -0.142. The van der Waals surface area contributed by atoms with Crippen LogP contribution in [0.15, 0.2) is 29.8 Å². The van der Waals surface area contributed by atoms with E-state index in [0.717, 1.165) is 16.7 Å². The molecule has 1 aromatic carbocycles. The van der Waals surface area contributed by atoms with Gasteiger partial charge in [0, 0.05) is 13.0 Å². The number of likely N-dealkylation sites (tertiary alicyclic amines) is 1. The van der Waals surface area contributed by atoms with E-state index < -0.39 is 23.7 Å². The third-order valence-electron chi connectivity index (χ3n) is 3.57. The molecule has 1 atom stereocenters. The van der Waals surface area contributed by atoms with Gasteiger partial charge in [0.05, 0.1) is 0 Å². The second kappa shape index (κ2) is 6.44. The predicted molar refractivity (Wildman–Crippen MR) is 88.1 cm³/mol. The molecule has 0 aliphatic carbocycles. The molecule has 2 rings (SSSR count). The molecule has 1 aliphatic rings. The summed E-state index contributed by atoms with van der Waals surface area (Å²) in [4.78, 5) is 25.0. The number of benzene rings is 1. The highest BCUT2D eigenvalue weighted by molar-refractivity contribution is 5.82. The zero-order chi connectivity index (χ0) is 17.2. The SMILES string of the molecule is Cc1ccc(C=C2CC(C(=O)O)N(C(=O)OC(C)(C)C)C2)cc1. The third-order valence-corrected chi connectivity index (χ3v) is 3.57. The van der Waals surface area contributed by atoms with Gasteiger partial charge in [-0.1, -0.05) is 35.9 Å². The Labute approximate surface area is 136 Å². The smallest absolute Gasteiger partial charge is 0.411 e. The van der Waals surface area contributed by atoms with Gasteiger partial charge in [-0.15, -0.1) is 0 Å². The number of nitrogens with zero attached hydrogens (tertiary/aromatic N) is 1. The number of carbonyl (C=O) groups is 2. The largest absolute Gasteiger partial charge is 0.480 e. The number of aryl methyl sites for hydroxylation is 1. The number of rotatable bonds is 2. The quantitative estimate of drug-likeness (QED) is 0.907. The lowest BCUT2D eigenvalue weighted by atomic mass is 10.1. The number of hydrogen-bond donors (Lipinski definition) is 1. The van der Waals surface area contributed by atoms with E-state index in [1.54, 1.807) is 20.8 Å². The fraction of sp³-hybridized carbons (Fsp3) is 0.444. The molecule has 1 aliphatic heterocycles. The Balaban J connectivity index is 2.19. The minimum absolute atomic E-state index is 0.278. The molecule has 1 N–H and O–H groups in total. The number of carboxylic acids is 1. The van der Waals surface area contributed by atoms with Crippen LogP contribution in [0.2, 0.25) is 0 Å². The molecule has 124 valence electrons. The standard InChI is InChI=1S/C18H23NO4/c1-12-5-7-13(8-6-12)9-14-10-15(16(20)21)19(11-14)17(22)23-18(2,3)4/h5-9,15H,10-11H2,1-4H3,(H,20,21). The monoisotopic (exact) mass is 317 g/mol. The van der Waals surface area contributed by atoms with Crippen LogP contribution in [0.1, 0.15) is 38.3 Å². The molecule has 5 heteroatoms. The van der Waals surface area contributed by atoms with Gasteiger partial charge in [0.25, 0.3) is 0 Å². The van der Waals surface area contributed by atoms with Crippen molar-refractivity contribution < 1.29 is 19.4 Å².